The molecule has 2 aromatic rings. The van der Waals surface area contributed by atoms with E-state index >= 15 is 0 Å². The summed E-state index contributed by atoms with van der Waals surface area (Å²) in [4.78, 5) is 3.97. The minimum absolute atomic E-state index is 0.315. The molecule has 0 radical (unpaired) electrons. The van der Waals surface area contributed by atoms with Crippen LogP contribution in [0.3, 0.4) is 0 Å². The van der Waals surface area contributed by atoms with Gasteiger partial charge in [-0.2, -0.15) is 0 Å². The second-order valence-electron chi connectivity index (χ2n) is 4.60. The van der Waals surface area contributed by atoms with Crippen LogP contribution in [0.4, 0.5) is 0 Å². The maximum atomic E-state index is 10.0. The molecule has 0 bridgehead atoms. The molecular formula is C16H19NO2. The SMILES string of the molecule is COc1ccc(CCC(O)Cc2ccncc2)cc1. The minimum Gasteiger partial charge on any atom is -0.497 e. The highest BCUT2D eigenvalue weighted by atomic mass is 16.5. The highest BCUT2D eigenvalue weighted by Gasteiger charge is 2.06. The summed E-state index contributed by atoms with van der Waals surface area (Å²) in [6.07, 6.45) is 5.50. The first-order valence-electron chi connectivity index (χ1n) is 6.48. The fourth-order valence-corrected chi connectivity index (χ4v) is 2.02. The fraction of sp³-hybridized carbons (Fsp3) is 0.312. The molecule has 1 heterocycles. The van der Waals surface area contributed by atoms with E-state index in [1.54, 1.807) is 19.5 Å². The van der Waals surface area contributed by atoms with E-state index in [4.69, 9.17) is 4.74 Å². The molecule has 2 rings (SSSR count). The molecule has 1 aromatic heterocycles. The lowest BCUT2D eigenvalue weighted by Crippen LogP contribution is -2.11. The van der Waals surface area contributed by atoms with Crippen molar-refractivity contribution in [3.63, 3.8) is 0 Å². The fourth-order valence-electron chi connectivity index (χ4n) is 2.02. The van der Waals surface area contributed by atoms with Crippen LogP contribution in [0.15, 0.2) is 48.8 Å². The molecule has 0 fully saturated rings. The van der Waals surface area contributed by atoms with Gasteiger partial charge < -0.3 is 9.84 Å². The van der Waals surface area contributed by atoms with Crippen molar-refractivity contribution in [2.24, 2.45) is 0 Å². The van der Waals surface area contributed by atoms with Crippen molar-refractivity contribution in [1.29, 1.82) is 0 Å². The van der Waals surface area contributed by atoms with Crippen LogP contribution in [-0.2, 0) is 12.8 Å². The van der Waals surface area contributed by atoms with Gasteiger partial charge in [0.25, 0.3) is 0 Å². The molecule has 1 atom stereocenters. The Labute approximate surface area is 113 Å². The van der Waals surface area contributed by atoms with E-state index in [1.807, 2.05) is 36.4 Å². The van der Waals surface area contributed by atoms with Gasteiger partial charge >= 0.3 is 0 Å². The van der Waals surface area contributed by atoms with Gasteiger partial charge in [-0.1, -0.05) is 12.1 Å². The summed E-state index contributed by atoms with van der Waals surface area (Å²) in [5, 5.41) is 10.0. The number of hydrogen-bond donors (Lipinski definition) is 1. The zero-order valence-electron chi connectivity index (χ0n) is 11.1. The number of aliphatic hydroxyl groups is 1. The van der Waals surface area contributed by atoms with Gasteiger partial charge in [0, 0.05) is 12.4 Å². The van der Waals surface area contributed by atoms with E-state index in [2.05, 4.69) is 4.98 Å². The molecule has 0 aliphatic rings. The van der Waals surface area contributed by atoms with Crippen LogP contribution in [0, 0.1) is 0 Å². The predicted molar refractivity (Wildman–Crippen MR) is 75.3 cm³/mol. The van der Waals surface area contributed by atoms with Crippen molar-refractivity contribution < 1.29 is 9.84 Å². The Bertz CT molecular complexity index is 482. The molecule has 1 aromatic carbocycles. The third-order valence-electron chi connectivity index (χ3n) is 3.15. The molecule has 100 valence electrons. The summed E-state index contributed by atoms with van der Waals surface area (Å²) >= 11 is 0. The van der Waals surface area contributed by atoms with E-state index in [0.717, 1.165) is 24.2 Å². The second-order valence-corrected chi connectivity index (χ2v) is 4.60. The minimum atomic E-state index is -0.315. The third-order valence-corrected chi connectivity index (χ3v) is 3.15. The molecule has 3 heteroatoms. The number of nitrogens with zero attached hydrogens (tertiary/aromatic N) is 1. The molecule has 0 spiro atoms. The highest BCUT2D eigenvalue weighted by molar-refractivity contribution is 5.27. The van der Waals surface area contributed by atoms with E-state index in [-0.39, 0.29) is 6.10 Å². The van der Waals surface area contributed by atoms with Crippen molar-refractivity contribution in [2.75, 3.05) is 7.11 Å². The van der Waals surface area contributed by atoms with Gasteiger partial charge in [0.1, 0.15) is 5.75 Å². The average molecular weight is 257 g/mol. The van der Waals surface area contributed by atoms with E-state index < -0.39 is 0 Å². The van der Waals surface area contributed by atoms with Crippen molar-refractivity contribution >= 4 is 0 Å². The maximum Gasteiger partial charge on any atom is 0.118 e. The van der Waals surface area contributed by atoms with Crippen LogP contribution in [0.1, 0.15) is 17.5 Å². The van der Waals surface area contributed by atoms with Crippen molar-refractivity contribution in [2.45, 2.75) is 25.4 Å². The lowest BCUT2D eigenvalue weighted by molar-refractivity contribution is 0.165. The Morgan fingerprint density at radius 3 is 2.37 bits per heavy atom. The number of rotatable bonds is 6. The molecule has 1 unspecified atom stereocenters. The predicted octanol–water partition coefficient (Wildman–Crippen LogP) is 2.63. The lowest BCUT2D eigenvalue weighted by atomic mass is 10.0. The molecule has 0 amide bonds. The largest absolute Gasteiger partial charge is 0.497 e. The normalized spacial score (nSPS) is 12.1. The van der Waals surface area contributed by atoms with Crippen molar-refractivity contribution in [3.05, 3.63) is 59.9 Å². The number of ether oxygens (including phenoxy) is 1. The first-order valence-corrected chi connectivity index (χ1v) is 6.48. The van der Waals surface area contributed by atoms with Gasteiger partial charge in [-0.15, -0.1) is 0 Å². The van der Waals surface area contributed by atoms with Gasteiger partial charge in [0.15, 0.2) is 0 Å². The zero-order valence-corrected chi connectivity index (χ0v) is 11.1. The molecule has 3 nitrogen and oxygen atoms in total. The van der Waals surface area contributed by atoms with Crippen LogP contribution in [-0.4, -0.2) is 23.3 Å². The summed E-state index contributed by atoms with van der Waals surface area (Å²) in [7, 11) is 1.66. The van der Waals surface area contributed by atoms with Gasteiger partial charge in [0.2, 0.25) is 0 Å². The Hall–Kier alpha value is -1.87. The number of aryl methyl sites for hydroxylation is 1. The standard InChI is InChI=1S/C16H19NO2/c1-19-16-6-3-13(4-7-16)2-5-15(18)12-14-8-10-17-11-9-14/h3-4,6-11,15,18H,2,5,12H2,1H3. The number of aliphatic hydroxyl groups excluding tert-OH is 1. The maximum absolute atomic E-state index is 10.0. The van der Waals surface area contributed by atoms with E-state index in [1.165, 1.54) is 5.56 Å². The average Bonchev–Trinajstić information content (AvgIpc) is 2.47. The first kappa shape index (κ1) is 13.6. The number of pyridine rings is 1. The Morgan fingerprint density at radius 2 is 1.74 bits per heavy atom. The lowest BCUT2D eigenvalue weighted by Gasteiger charge is -2.10. The van der Waals surface area contributed by atoms with Crippen molar-refractivity contribution in [3.8, 4) is 5.75 Å². The van der Waals surface area contributed by atoms with E-state index in [0.29, 0.717) is 6.42 Å². The molecule has 0 saturated heterocycles. The Balaban J connectivity index is 1.81. The monoisotopic (exact) mass is 257 g/mol. The smallest absolute Gasteiger partial charge is 0.118 e. The number of hydrogen-bond acceptors (Lipinski definition) is 3. The molecule has 19 heavy (non-hydrogen) atoms. The molecule has 0 aliphatic carbocycles. The summed E-state index contributed by atoms with van der Waals surface area (Å²) in [6, 6.07) is 11.9. The van der Waals surface area contributed by atoms with Gasteiger partial charge in [-0.3, -0.25) is 4.98 Å². The topological polar surface area (TPSA) is 42.4 Å². The van der Waals surface area contributed by atoms with Crippen LogP contribution >= 0.6 is 0 Å². The summed E-state index contributed by atoms with van der Waals surface area (Å²) < 4.78 is 5.12. The van der Waals surface area contributed by atoms with Gasteiger partial charge in [0.05, 0.1) is 13.2 Å². The highest BCUT2D eigenvalue weighted by Crippen LogP contribution is 2.14. The Kier molecular flexibility index (Phi) is 4.93. The molecule has 0 saturated carbocycles. The second kappa shape index (κ2) is 6.90. The van der Waals surface area contributed by atoms with Gasteiger partial charge in [-0.05, 0) is 54.7 Å². The third kappa shape index (κ3) is 4.38. The van der Waals surface area contributed by atoms with Crippen LogP contribution in [0.5, 0.6) is 5.75 Å². The summed E-state index contributed by atoms with van der Waals surface area (Å²) in [6.45, 7) is 0. The quantitative estimate of drug-likeness (QED) is 0.865. The summed E-state index contributed by atoms with van der Waals surface area (Å²) in [5.41, 5.74) is 2.34. The van der Waals surface area contributed by atoms with Crippen molar-refractivity contribution in [1.82, 2.24) is 4.98 Å². The first-order chi connectivity index (χ1) is 9.28. The van der Waals surface area contributed by atoms with Crippen LogP contribution in [0.2, 0.25) is 0 Å². The molecule has 0 aliphatic heterocycles. The zero-order chi connectivity index (χ0) is 13.5. The summed E-state index contributed by atoms with van der Waals surface area (Å²) in [5.74, 6) is 0.862. The number of benzene rings is 1. The number of aromatic nitrogens is 1. The van der Waals surface area contributed by atoms with Crippen LogP contribution < -0.4 is 4.74 Å². The molecule has 1 N–H and O–H groups in total. The van der Waals surface area contributed by atoms with E-state index in [9.17, 15) is 5.11 Å². The van der Waals surface area contributed by atoms with Crippen LogP contribution in [0.25, 0.3) is 0 Å². The molecular weight excluding hydrogens is 238 g/mol. The Morgan fingerprint density at radius 1 is 1.05 bits per heavy atom. The van der Waals surface area contributed by atoms with Gasteiger partial charge in [-0.25, -0.2) is 0 Å². The number of methoxy groups -OCH3 is 1.